The molecule has 3 rings (SSSR count). The number of aromatic nitrogens is 2. The molecule has 0 unspecified atom stereocenters. The molecule has 2 N–H and O–H groups in total. The molecule has 148 valence electrons. The Morgan fingerprint density at radius 3 is 2.79 bits per heavy atom. The van der Waals surface area contributed by atoms with Gasteiger partial charge in [-0.25, -0.2) is 14.4 Å². The van der Waals surface area contributed by atoms with Crippen molar-refractivity contribution in [2.75, 3.05) is 16.4 Å². The van der Waals surface area contributed by atoms with Crippen LogP contribution in [0.4, 0.5) is 14.7 Å². The number of benzene rings is 1. The molecular weight excluding hydrogens is 433 g/mol. The summed E-state index contributed by atoms with van der Waals surface area (Å²) in [6.07, 6.45) is 0.00533. The molecule has 0 saturated heterocycles. The molecule has 1 aromatic carbocycles. The molecule has 0 aliphatic heterocycles. The van der Waals surface area contributed by atoms with Crippen LogP contribution >= 0.6 is 34.4 Å². The van der Waals surface area contributed by atoms with Crippen LogP contribution in [0.25, 0.3) is 0 Å². The molecule has 0 saturated carbocycles. The number of rotatable bonds is 7. The van der Waals surface area contributed by atoms with Crippen molar-refractivity contribution in [2.45, 2.75) is 17.6 Å². The first kappa shape index (κ1) is 20.9. The highest BCUT2D eigenvalue weighted by molar-refractivity contribution is 8.01. The van der Waals surface area contributed by atoms with E-state index in [9.17, 15) is 14.0 Å². The smallest absolute Gasteiger partial charge is 0.260 e. The van der Waals surface area contributed by atoms with Gasteiger partial charge in [-0.15, -0.1) is 11.3 Å². The lowest BCUT2D eigenvalue weighted by molar-refractivity contribution is -0.115. The van der Waals surface area contributed by atoms with Gasteiger partial charge in [0.25, 0.3) is 5.91 Å². The number of carbonyl (C=O) groups is 2. The molecule has 0 bridgehead atoms. The molecule has 0 spiro atoms. The number of aryl methyl sites for hydroxylation is 1. The van der Waals surface area contributed by atoms with Crippen molar-refractivity contribution < 1.29 is 14.0 Å². The second-order valence-electron chi connectivity index (χ2n) is 5.64. The number of thiazole rings is 2. The predicted octanol–water partition coefficient (Wildman–Crippen LogP) is 4.10. The van der Waals surface area contributed by atoms with Crippen molar-refractivity contribution in [1.29, 1.82) is 5.26 Å². The molecule has 11 heteroatoms. The molecule has 7 nitrogen and oxygen atoms in total. The van der Waals surface area contributed by atoms with Crippen LogP contribution in [0, 0.1) is 24.1 Å². The molecule has 2 aromatic heterocycles. The highest BCUT2D eigenvalue weighted by Crippen LogP contribution is 2.31. The van der Waals surface area contributed by atoms with Gasteiger partial charge in [0.1, 0.15) is 5.82 Å². The van der Waals surface area contributed by atoms with Crippen molar-refractivity contribution in [1.82, 2.24) is 9.97 Å². The molecule has 2 amide bonds. The van der Waals surface area contributed by atoms with Gasteiger partial charge >= 0.3 is 0 Å². The van der Waals surface area contributed by atoms with Gasteiger partial charge in [-0.05, 0) is 19.1 Å². The van der Waals surface area contributed by atoms with E-state index in [0.29, 0.717) is 16.6 Å². The minimum absolute atomic E-state index is 0.00533. The van der Waals surface area contributed by atoms with Crippen molar-refractivity contribution in [2.24, 2.45) is 0 Å². The Balaban J connectivity index is 1.57. The van der Waals surface area contributed by atoms with E-state index in [1.54, 1.807) is 11.4 Å². The Bertz CT molecular complexity index is 1090. The second kappa shape index (κ2) is 9.60. The number of nitrogens with zero attached hydrogens (tertiary/aromatic N) is 3. The van der Waals surface area contributed by atoms with E-state index >= 15 is 0 Å². The van der Waals surface area contributed by atoms with Gasteiger partial charge in [-0.3, -0.25) is 14.9 Å². The Kier molecular flexibility index (Phi) is 6.92. The van der Waals surface area contributed by atoms with Crippen molar-refractivity contribution >= 4 is 56.5 Å². The zero-order valence-electron chi connectivity index (χ0n) is 15.1. The summed E-state index contributed by atoms with van der Waals surface area (Å²) in [5.74, 6) is -1.20. The molecule has 29 heavy (non-hydrogen) atoms. The van der Waals surface area contributed by atoms with Gasteiger partial charge < -0.3 is 5.32 Å². The average Bonchev–Trinajstić information content (AvgIpc) is 3.25. The fourth-order valence-electron chi connectivity index (χ4n) is 2.25. The van der Waals surface area contributed by atoms with Gasteiger partial charge in [0.2, 0.25) is 5.91 Å². The standard InChI is InChI=1S/C18H14FN5O2S3/c1-10-16(27-7-6-20)29-18(21-10)23-14(25)8-11-9-28-17(22-11)24-15(26)12-4-2-3-5-13(12)19/h2-5,9H,7-8H2,1H3,(H,21,23,25)(H,22,24,26). The summed E-state index contributed by atoms with van der Waals surface area (Å²) in [7, 11) is 0. The Morgan fingerprint density at radius 2 is 2.03 bits per heavy atom. The quantitative estimate of drug-likeness (QED) is 0.528. The average molecular weight is 448 g/mol. The minimum Gasteiger partial charge on any atom is -0.302 e. The number of nitriles is 1. The van der Waals surface area contributed by atoms with Gasteiger partial charge in [0, 0.05) is 5.38 Å². The molecule has 0 fully saturated rings. The van der Waals surface area contributed by atoms with Crippen LogP contribution in [0.5, 0.6) is 0 Å². The van der Waals surface area contributed by atoms with E-state index in [2.05, 4.69) is 26.7 Å². The van der Waals surface area contributed by atoms with Crippen LogP contribution in [0.15, 0.2) is 33.9 Å². The maximum atomic E-state index is 13.7. The van der Waals surface area contributed by atoms with E-state index in [0.717, 1.165) is 21.2 Å². The topological polar surface area (TPSA) is 108 Å². The zero-order chi connectivity index (χ0) is 20.8. The lowest BCUT2D eigenvalue weighted by Gasteiger charge is -2.02. The number of halogens is 1. The first-order valence-electron chi connectivity index (χ1n) is 8.23. The van der Waals surface area contributed by atoms with E-state index in [1.807, 2.05) is 6.92 Å². The third-order valence-corrected chi connectivity index (χ3v) is 6.61. The van der Waals surface area contributed by atoms with E-state index in [-0.39, 0.29) is 23.0 Å². The minimum atomic E-state index is -0.618. The van der Waals surface area contributed by atoms with Gasteiger partial charge in [-0.2, -0.15) is 5.26 Å². The lowest BCUT2D eigenvalue weighted by Crippen LogP contribution is -2.15. The monoisotopic (exact) mass is 447 g/mol. The number of carbonyl (C=O) groups excluding carboxylic acids is 2. The lowest BCUT2D eigenvalue weighted by atomic mass is 10.2. The molecule has 0 aliphatic carbocycles. The van der Waals surface area contributed by atoms with Crippen LogP contribution < -0.4 is 10.6 Å². The Hall–Kier alpha value is -2.81. The van der Waals surface area contributed by atoms with Crippen LogP contribution in [0.3, 0.4) is 0 Å². The zero-order valence-corrected chi connectivity index (χ0v) is 17.5. The molecule has 0 atom stereocenters. The highest BCUT2D eigenvalue weighted by Gasteiger charge is 2.15. The fraction of sp³-hybridized carbons (Fsp3) is 0.167. The van der Waals surface area contributed by atoms with Gasteiger partial charge in [0.05, 0.1) is 39.4 Å². The van der Waals surface area contributed by atoms with Crippen molar-refractivity contribution in [3.05, 3.63) is 52.4 Å². The number of thioether (sulfide) groups is 1. The third-order valence-electron chi connectivity index (χ3n) is 3.50. The largest absolute Gasteiger partial charge is 0.302 e. The van der Waals surface area contributed by atoms with Gasteiger partial charge in [-0.1, -0.05) is 35.2 Å². The summed E-state index contributed by atoms with van der Waals surface area (Å²) in [5, 5.41) is 16.3. The van der Waals surface area contributed by atoms with Gasteiger partial charge in [0.15, 0.2) is 10.3 Å². The molecule has 3 aromatic rings. The Labute approximate surface area is 178 Å². The van der Waals surface area contributed by atoms with E-state index in [1.165, 1.54) is 41.3 Å². The summed E-state index contributed by atoms with van der Waals surface area (Å²) in [4.78, 5) is 32.8. The number of hydrogen-bond donors (Lipinski definition) is 2. The highest BCUT2D eigenvalue weighted by atomic mass is 32.2. The number of nitrogens with one attached hydrogen (secondary N) is 2. The fourth-order valence-corrected chi connectivity index (χ4v) is 4.77. The maximum absolute atomic E-state index is 13.7. The van der Waals surface area contributed by atoms with Crippen LogP contribution in [0.2, 0.25) is 0 Å². The first-order chi connectivity index (χ1) is 14.0. The summed E-state index contributed by atoms with van der Waals surface area (Å²) >= 11 is 3.83. The molecule has 0 radical (unpaired) electrons. The van der Waals surface area contributed by atoms with Crippen LogP contribution in [-0.4, -0.2) is 27.5 Å². The molecular formula is C18H14FN5O2S3. The summed E-state index contributed by atoms with van der Waals surface area (Å²) in [6, 6.07) is 7.71. The summed E-state index contributed by atoms with van der Waals surface area (Å²) < 4.78 is 14.6. The van der Waals surface area contributed by atoms with Crippen LogP contribution in [0.1, 0.15) is 21.7 Å². The van der Waals surface area contributed by atoms with E-state index in [4.69, 9.17) is 5.26 Å². The van der Waals surface area contributed by atoms with E-state index < -0.39 is 11.7 Å². The molecule has 2 heterocycles. The van der Waals surface area contributed by atoms with Crippen molar-refractivity contribution in [3.8, 4) is 6.07 Å². The second-order valence-corrected chi connectivity index (χ2v) is 8.74. The Morgan fingerprint density at radius 1 is 1.24 bits per heavy atom. The number of amides is 2. The summed E-state index contributed by atoms with van der Waals surface area (Å²) in [6.45, 7) is 1.82. The molecule has 0 aliphatic rings. The maximum Gasteiger partial charge on any atom is 0.260 e. The van der Waals surface area contributed by atoms with Crippen molar-refractivity contribution in [3.63, 3.8) is 0 Å². The number of anilines is 2. The summed E-state index contributed by atoms with van der Waals surface area (Å²) in [5.41, 5.74) is 1.16. The van der Waals surface area contributed by atoms with Crippen LogP contribution in [-0.2, 0) is 11.2 Å². The SMILES string of the molecule is Cc1nc(NC(=O)Cc2csc(NC(=O)c3ccccc3F)n2)sc1SCC#N. The predicted molar refractivity (Wildman–Crippen MR) is 112 cm³/mol. The normalized spacial score (nSPS) is 10.4. The number of hydrogen-bond acceptors (Lipinski definition) is 8. The first-order valence-corrected chi connectivity index (χ1v) is 10.9. The third kappa shape index (κ3) is 5.60.